The fourth-order valence-corrected chi connectivity index (χ4v) is 3.74. The average molecular weight is 360 g/mol. The first-order valence-electron chi connectivity index (χ1n) is 8.19. The van der Waals surface area contributed by atoms with Gasteiger partial charge in [-0.15, -0.1) is 0 Å². The Morgan fingerprint density at radius 3 is 1.92 bits per heavy atom. The molecule has 2 aromatic rings. The van der Waals surface area contributed by atoms with Crippen LogP contribution in [0.25, 0.3) is 11.1 Å². The molecule has 1 amide bonds. The van der Waals surface area contributed by atoms with Gasteiger partial charge in [-0.2, -0.15) is 0 Å². The molecular weight excluding hydrogens is 336 g/mol. The zero-order valence-electron chi connectivity index (χ0n) is 14.7. The van der Waals surface area contributed by atoms with Gasteiger partial charge in [-0.25, -0.2) is 13.1 Å². The van der Waals surface area contributed by atoms with Crippen LogP contribution >= 0.6 is 0 Å². The van der Waals surface area contributed by atoms with Gasteiger partial charge in [0.1, 0.15) is 4.75 Å². The summed E-state index contributed by atoms with van der Waals surface area (Å²) < 4.78 is 26.6. The molecule has 2 rings (SSSR count). The van der Waals surface area contributed by atoms with Crippen molar-refractivity contribution in [2.45, 2.75) is 31.9 Å². The molecule has 2 aromatic carbocycles. The molecule has 0 heterocycles. The van der Waals surface area contributed by atoms with Crippen LogP contribution in [0.15, 0.2) is 48.5 Å². The second-order valence-electron chi connectivity index (χ2n) is 6.43. The van der Waals surface area contributed by atoms with E-state index >= 15 is 0 Å². The Kier molecular flexibility index (Phi) is 5.65. The summed E-state index contributed by atoms with van der Waals surface area (Å²) in [6, 6.07) is 14.4. The third kappa shape index (κ3) is 4.08. The number of amides is 1. The largest absolute Gasteiger partial charge is 0.366 e. The van der Waals surface area contributed by atoms with E-state index in [1.54, 1.807) is 26.0 Å². The average Bonchev–Trinajstić information content (AvgIpc) is 2.60. The summed E-state index contributed by atoms with van der Waals surface area (Å²) in [6.07, 6.45) is 0.746. The number of primary amides is 1. The molecule has 0 aliphatic rings. The summed E-state index contributed by atoms with van der Waals surface area (Å²) in [4.78, 5) is 11.1. The number of nitrogens with one attached hydrogen (secondary N) is 1. The predicted molar refractivity (Wildman–Crippen MR) is 101 cm³/mol. The third-order valence-corrected chi connectivity index (χ3v) is 6.46. The van der Waals surface area contributed by atoms with Crippen molar-refractivity contribution in [3.05, 3.63) is 59.7 Å². The van der Waals surface area contributed by atoms with Crippen LogP contribution in [-0.4, -0.2) is 20.9 Å². The molecular formula is C19H24N2O3S. The summed E-state index contributed by atoms with van der Waals surface area (Å²) >= 11 is 0. The number of nitrogens with two attached hydrogens (primary N) is 1. The van der Waals surface area contributed by atoms with E-state index in [9.17, 15) is 13.2 Å². The number of rotatable bonds is 7. The van der Waals surface area contributed by atoms with Gasteiger partial charge in [-0.1, -0.05) is 43.3 Å². The number of hydrogen-bond acceptors (Lipinski definition) is 3. The zero-order chi connectivity index (χ0) is 18.7. The van der Waals surface area contributed by atoms with E-state index in [1.165, 1.54) is 0 Å². The van der Waals surface area contributed by atoms with Crippen LogP contribution in [0.3, 0.4) is 0 Å². The lowest BCUT2D eigenvalue weighted by Gasteiger charge is -2.26. The lowest BCUT2D eigenvalue weighted by Crippen LogP contribution is -2.39. The lowest BCUT2D eigenvalue weighted by molar-refractivity contribution is 0.100. The Hall–Kier alpha value is -2.18. The molecule has 0 spiro atoms. The standard InChI is InChI=1S/C19H24N2O3S/c1-4-13-21-25(23,24)19(2,3)17-11-9-15(10-12-17)14-5-7-16(8-6-14)18(20)22/h5-12,21H,4,13H2,1-3H3,(H2,20,22). The molecule has 0 aliphatic carbocycles. The Bertz CT molecular complexity index is 839. The molecule has 5 nitrogen and oxygen atoms in total. The summed E-state index contributed by atoms with van der Waals surface area (Å²) in [7, 11) is -3.47. The van der Waals surface area contributed by atoms with Gasteiger partial charge >= 0.3 is 0 Å². The fraction of sp³-hybridized carbons (Fsp3) is 0.316. The number of sulfonamides is 1. The molecule has 3 N–H and O–H groups in total. The van der Waals surface area contributed by atoms with Crippen LogP contribution < -0.4 is 10.5 Å². The molecule has 134 valence electrons. The monoisotopic (exact) mass is 360 g/mol. The van der Waals surface area contributed by atoms with Gasteiger partial charge in [-0.3, -0.25) is 4.79 Å². The minimum absolute atomic E-state index is 0.427. The second kappa shape index (κ2) is 7.37. The van der Waals surface area contributed by atoms with Crippen LogP contribution in [0.5, 0.6) is 0 Å². The Morgan fingerprint density at radius 2 is 1.48 bits per heavy atom. The molecule has 0 bridgehead atoms. The molecule has 0 saturated carbocycles. The van der Waals surface area contributed by atoms with Crippen LogP contribution in [-0.2, 0) is 14.8 Å². The van der Waals surface area contributed by atoms with Gasteiger partial charge < -0.3 is 5.73 Å². The van der Waals surface area contributed by atoms with E-state index in [4.69, 9.17) is 5.73 Å². The predicted octanol–water partition coefficient (Wildman–Crippen LogP) is 3.02. The summed E-state index contributed by atoms with van der Waals surface area (Å²) in [5.74, 6) is -0.464. The molecule has 0 aromatic heterocycles. The first kappa shape index (κ1) is 19.1. The van der Waals surface area contributed by atoms with Crippen LogP contribution in [0, 0.1) is 0 Å². The van der Waals surface area contributed by atoms with Crippen LogP contribution in [0.2, 0.25) is 0 Å². The van der Waals surface area contributed by atoms with Crippen molar-refractivity contribution < 1.29 is 13.2 Å². The van der Waals surface area contributed by atoms with Gasteiger partial charge in [0.05, 0.1) is 0 Å². The molecule has 0 atom stereocenters. The molecule has 0 fully saturated rings. The fourth-order valence-electron chi connectivity index (χ4n) is 2.46. The minimum Gasteiger partial charge on any atom is -0.366 e. The quantitative estimate of drug-likeness (QED) is 0.795. The number of carbonyl (C=O) groups is 1. The van der Waals surface area contributed by atoms with Crippen molar-refractivity contribution in [2.24, 2.45) is 5.73 Å². The maximum atomic E-state index is 12.5. The minimum atomic E-state index is -3.47. The normalized spacial score (nSPS) is 12.1. The van der Waals surface area contributed by atoms with E-state index in [-0.39, 0.29) is 0 Å². The number of carbonyl (C=O) groups excluding carboxylic acids is 1. The van der Waals surface area contributed by atoms with Gasteiger partial charge in [0, 0.05) is 12.1 Å². The smallest absolute Gasteiger partial charge is 0.248 e. The van der Waals surface area contributed by atoms with Crippen molar-refractivity contribution >= 4 is 15.9 Å². The Labute approximate surface area is 149 Å². The molecule has 0 saturated heterocycles. The van der Waals surface area contributed by atoms with Gasteiger partial charge in [0.2, 0.25) is 15.9 Å². The highest BCUT2D eigenvalue weighted by Crippen LogP contribution is 2.30. The van der Waals surface area contributed by atoms with Crippen molar-refractivity contribution in [3.8, 4) is 11.1 Å². The van der Waals surface area contributed by atoms with Crippen LogP contribution in [0.4, 0.5) is 0 Å². The number of benzene rings is 2. The lowest BCUT2D eigenvalue weighted by atomic mass is 9.97. The van der Waals surface area contributed by atoms with Crippen molar-refractivity contribution in [1.82, 2.24) is 4.72 Å². The van der Waals surface area contributed by atoms with Gasteiger partial charge in [0.15, 0.2) is 0 Å². The maximum Gasteiger partial charge on any atom is 0.248 e. The second-order valence-corrected chi connectivity index (χ2v) is 8.74. The first-order valence-corrected chi connectivity index (χ1v) is 9.67. The van der Waals surface area contributed by atoms with Crippen LogP contribution in [0.1, 0.15) is 43.1 Å². The third-order valence-electron chi connectivity index (χ3n) is 4.30. The molecule has 0 unspecified atom stereocenters. The highest BCUT2D eigenvalue weighted by molar-refractivity contribution is 7.90. The zero-order valence-corrected chi connectivity index (χ0v) is 15.6. The molecule has 25 heavy (non-hydrogen) atoms. The highest BCUT2D eigenvalue weighted by atomic mass is 32.2. The summed E-state index contributed by atoms with van der Waals surface area (Å²) in [5, 5.41) is 0. The van der Waals surface area contributed by atoms with Gasteiger partial charge in [0.25, 0.3) is 0 Å². The van der Waals surface area contributed by atoms with E-state index in [1.807, 2.05) is 43.3 Å². The topological polar surface area (TPSA) is 89.3 Å². The van der Waals surface area contributed by atoms with E-state index < -0.39 is 20.7 Å². The van der Waals surface area contributed by atoms with E-state index in [0.717, 1.165) is 17.5 Å². The first-order chi connectivity index (χ1) is 11.7. The molecule has 6 heteroatoms. The number of hydrogen-bond donors (Lipinski definition) is 2. The Balaban J connectivity index is 2.28. The molecule has 0 aliphatic heterocycles. The summed E-state index contributed by atoms with van der Waals surface area (Å²) in [6.45, 7) is 5.74. The maximum absolute atomic E-state index is 12.5. The van der Waals surface area contributed by atoms with Crippen molar-refractivity contribution in [2.75, 3.05) is 6.54 Å². The molecule has 0 radical (unpaired) electrons. The summed E-state index contributed by atoms with van der Waals surface area (Å²) in [5.41, 5.74) is 8.28. The van der Waals surface area contributed by atoms with E-state index in [0.29, 0.717) is 17.7 Å². The highest BCUT2D eigenvalue weighted by Gasteiger charge is 2.35. The Morgan fingerprint density at radius 1 is 1.00 bits per heavy atom. The van der Waals surface area contributed by atoms with Crippen molar-refractivity contribution in [1.29, 1.82) is 0 Å². The van der Waals surface area contributed by atoms with Gasteiger partial charge in [-0.05, 0) is 49.1 Å². The van der Waals surface area contributed by atoms with Crippen molar-refractivity contribution in [3.63, 3.8) is 0 Å². The SMILES string of the molecule is CCCNS(=O)(=O)C(C)(C)c1ccc(-c2ccc(C(N)=O)cc2)cc1. The van der Waals surface area contributed by atoms with E-state index in [2.05, 4.69) is 4.72 Å².